The standard InChI is InChI=1S/C10H18O4S2/c1-7(13)9(3-5-11)15-16-10(4-6-12)8(2)14/h9-12H,3-6H2,1-2H3. The van der Waals surface area contributed by atoms with E-state index in [-0.39, 0.29) is 35.3 Å². The van der Waals surface area contributed by atoms with E-state index < -0.39 is 0 Å². The van der Waals surface area contributed by atoms with E-state index in [4.69, 9.17) is 10.2 Å². The van der Waals surface area contributed by atoms with Crippen molar-refractivity contribution in [3.8, 4) is 0 Å². The molecule has 0 aliphatic rings. The third-order valence-electron chi connectivity index (χ3n) is 1.98. The van der Waals surface area contributed by atoms with E-state index in [9.17, 15) is 9.59 Å². The highest BCUT2D eigenvalue weighted by Gasteiger charge is 2.20. The van der Waals surface area contributed by atoms with Crippen LogP contribution in [0.1, 0.15) is 26.7 Å². The third kappa shape index (κ3) is 6.52. The van der Waals surface area contributed by atoms with E-state index in [2.05, 4.69) is 0 Å². The molecule has 0 spiro atoms. The Hall–Kier alpha value is -0.0400. The van der Waals surface area contributed by atoms with Gasteiger partial charge in [-0.3, -0.25) is 9.59 Å². The summed E-state index contributed by atoms with van der Waals surface area (Å²) in [7, 11) is 2.61. The minimum Gasteiger partial charge on any atom is -0.396 e. The van der Waals surface area contributed by atoms with E-state index in [1.165, 1.54) is 35.4 Å². The molecule has 0 amide bonds. The number of carbonyl (C=O) groups is 2. The van der Waals surface area contributed by atoms with Gasteiger partial charge in [0.25, 0.3) is 0 Å². The topological polar surface area (TPSA) is 74.6 Å². The summed E-state index contributed by atoms with van der Waals surface area (Å²) in [6.45, 7) is 2.87. The van der Waals surface area contributed by atoms with Crippen molar-refractivity contribution in [3.63, 3.8) is 0 Å². The van der Waals surface area contributed by atoms with Gasteiger partial charge >= 0.3 is 0 Å². The number of aliphatic hydroxyl groups excluding tert-OH is 2. The van der Waals surface area contributed by atoms with E-state index in [0.29, 0.717) is 12.8 Å². The number of carbonyl (C=O) groups excluding carboxylic acids is 2. The van der Waals surface area contributed by atoms with Gasteiger partial charge in [-0.15, -0.1) is 0 Å². The second kappa shape index (κ2) is 9.04. The monoisotopic (exact) mass is 266 g/mol. The van der Waals surface area contributed by atoms with Crippen molar-refractivity contribution in [2.45, 2.75) is 37.2 Å². The molecule has 2 unspecified atom stereocenters. The van der Waals surface area contributed by atoms with Gasteiger partial charge in [-0.25, -0.2) is 0 Å². The average Bonchev–Trinajstić information content (AvgIpc) is 2.21. The Morgan fingerprint density at radius 3 is 1.44 bits per heavy atom. The second-order valence-corrected chi connectivity index (χ2v) is 6.09. The number of rotatable bonds is 9. The normalized spacial score (nSPS) is 14.5. The highest BCUT2D eigenvalue weighted by molar-refractivity contribution is 8.77. The molecule has 0 aromatic carbocycles. The molecule has 0 heterocycles. The maximum absolute atomic E-state index is 11.2. The minimum absolute atomic E-state index is 0.00199. The highest BCUT2D eigenvalue weighted by Crippen LogP contribution is 2.34. The van der Waals surface area contributed by atoms with Crippen LogP contribution in [0.2, 0.25) is 0 Å². The lowest BCUT2D eigenvalue weighted by molar-refractivity contribution is -0.117. The van der Waals surface area contributed by atoms with Crippen molar-refractivity contribution in [1.29, 1.82) is 0 Å². The van der Waals surface area contributed by atoms with Crippen LogP contribution in [0.4, 0.5) is 0 Å². The lowest BCUT2D eigenvalue weighted by Crippen LogP contribution is -2.18. The smallest absolute Gasteiger partial charge is 0.143 e. The highest BCUT2D eigenvalue weighted by atomic mass is 33.1. The fourth-order valence-electron chi connectivity index (χ4n) is 1.01. The summed E-state index contributed by atoms with van der Waals surface area (Å²) in [6, 6.07) is 0. The molecular weight excluding hydrogens is 248 g/mol. The summed E-state index contributed by atoms with van der Waals surface area (Å²) >= 11 is 0. The van der Waals surface area contributed by atoms with Gasteiger partial charge in [0.1, 0.15) is 11.6 Å². The third-order valence-corrected chi connectivity index (χ3v) is 5.42. The molecular formula is C10H18O4S2. The van der Waals surface area contributed by atoms with Gasteiger partial charge in [0.05, 0.1) is 10.5 Å². The molecule has 0 rings (SSSR count). The van der Waals surface area contributed by atoms with Crippen molar-refractivity contribution in [2.24, 2.45) is 0 Å². The second-order valence-electron chi connectivity index (χ2n) is 3.42. The molecule has 2 atom stereocenters. The van der Waals surface area contributed by atoms with Gasteiger partial charge in [0, 0.05) is 13.2 Å². The molecule has 0 radical (unpaired) electrons. The fraction of sp³-hybridized carbons (Fsp3) is 0.800. The van der Waals surface area contributed by atoms with Crippen LogP contribution >= 0.6 is 21.6 Å². The van der Waals surface area contributed by atoms with Crippen LogP contribution in [0.3, 0.4) is 0 Å². The molecule has 0 bridgehead atoms. The van der Waals surface area contributed by atoms with Crippen LogP contribution in [-0.4, -0.2) is 45.5 Å². The maximum atomic E-state index is 11.2. The summed E-state index contributed by atoms with van der Waals surface area (Å²) in [6.07, 6.45) is 0.799. The van der Waals surface area contributed by atoms with Crippen molar-refractivity contribution in [1.82, 2.24) is 0 Å². The van der Waals surface area contributed by atoms with Gasteiger partial charge in [0.15, 0.2) is 0 Å². The zero-order valence-electron chi connectivity index (χ0n) is 9.51. The Kier molecular flexibility index (Phi) is 9.02. The summed E-state index contributed by atoms with van der Waals surface area (Å²) in [5.41, 5.74) is 0. The van der Waals surface area contributed by atoms with Crippen LogP contribution in [-0.2, 0) is 9.59 Å². The Labute approximate surface area is 104 Å². The maximum Gasteiger partial charge on any atom is 0.143 e. The predicted octanol–water partition coefficient (Wildman–Crippen LogP) is 1.05. The van der Waals surface area contributed by atoms with Crippen LogP contribution in [0.25, 0.3) is 0 Å². The number of Topliss-reactive ketones (excluding diaryl/α,β-unsaturated/α-hetero) is 2. The number of hydrogen-bond acceptors (Lipinski definition) is 6. The molecule has 0 aromatic heterocycles. The summed E-state index contributed by atoms with van der Waals surface area (Å²) < 4.78 is 0. The van der Waals surface area contributed by atoms with Crippen LogP contribution in [0.5, 0.6) is 0 Å². The number of aliphatic hydroxyl groups is 2. The zero-order chi connectivity index (χ0) is 12.6. The quantitative estimate of drug-likeness (QED) is 0.608. The van der Waals surface area contributed by atoms with E-state index >= 15 is 0 Å². The lowest BCUT2D eigenvalue weighted by atomic mass is 10.2. The molecule has 6 heteroatoms. The van der Waals surface area contributed by atoms with Crippen molar-refractivity contribution in [3.05, 3.63) is 0 Å². The average molecular weight is 266 g/mol. The molecule has 0 saturated carbocycles. The van der Waals surface area contributed by atoms with E-state index in [1.807, 2.05) is 0 Å². The predicted molar refractivity (Wildman–Crippen MR) is 67.5 cm³/mol. The molecule has 0 saturated heterocycles. The minimum atomic E-state index is -0.282. The van der Waals surface area contributed by atoms with Gasteiger partial charge in [0.2, 0.25) is 0 Å². The van der Waals surface area contributed by atoms with Crippen LogP contribution in [0.15, 0.2) is 0 Å². The molecule has 94 valence electrons. The fourth-order valence-corrected chi connectivity index (χ4v) is 4.14. The molecule has 2 N–H and O–H groups in total. The number of ketones is 2. The van der Waals surface area contributed by atoms with Gasteiger partial charge in [-0.05, 0) is 26.7 Å². The van der Waals surface area contributed by atoms with Crippen molar-refractivity contribution in [2.75, 3.05) is 13.2 Å². The Bertz CT molecular complexity index is 209. The van der Waals surface area contributed by atoms with Gasteiger partial charge in [-0.1, -0.05) is 21.6 Å². The van der Waals surface area contributed by atoms with Gasteiger partial charge < -0.3 is 10.2 Å². The first-order valence-electron chi connectivity index (χ1n) is 5.07. The first-order chi connectivity index (χ1) is 7.52. The molecule has 16 heavy (non-hydrogen) atoms. The molecule has 0 fully saturated rings. The van der Waals surface area contributed by atoms with E-state index in [0.717, 1.165) is 0 Å². The zero-order valence-corrected chi connectivity index (χ0v) is 11.1. The summed E-state index contributed by atoms with van der Waals surface area (Å²) in [5.74, 6) is -0.00398. The largest absolute Gasteiger partial charge is 0.396 e. The first kappa shape index (κ1) is 16.0. The van der Waals surface area contributed by atoms with Crippen LogP contribution in [0, 0.1) is 0 Å². The molecule has 0 aliphatic carbocycles. The summed E-state index contributed by atoms with van der Waals surface area (Å²) in [5, 5.41) is 17.0. The Morgan fingerprint density at radius 1 is 0.938 bits per heavy atom. The number of hydrogen-bond donors (Lipinski definition) is 2. The Balaban J connectivity index is 4.14. The lowest BCUT2D eigenvalue weighted by Gasteiger charge is -2.15. The summed E-state index contributed by atoms with van der Waals surface area (Å²) in [4.78, 5) is 22.4. The van der Waals surface area contributed by atoms with Crippen molar-refractivity contribution >= 4 is 33.2 Å². The van der Waals surface area contributed by atoms with Crippen molar-refractivity contribution < 1.29 is 19.8 Å². The van der Waals surface area contributed by atoms with E-state index in [1.54, 1.807) is 0 Å². The molecule has 4 nitrogen and oxygen atoms in total. The molecule has 0 aromatic rings. The van der Waals surface area contributed by atoms with Crippen LogP contribution < -0.4 is 0 Å². The Morgan fingerprint density at radius 2 is 1.25 bits per heavy atom. The SMILES string of the molecule is CC(=O)C(CCO)SSC(CCO)C(C)=O. The molecule has 0 aliphatic heterocycles. The van der Waals surface area contributed by atoms with Gasteiger partial charge in [-0.2, -0.15) is 0 Å². The first-order valence-corrected chi connectivity index (χ1v) is 7.35.